The van der Waals surface area contributed by atoms with Crippen LogP contribution in [0.5, 0.6) is 0 Å². The molecule has 0 bridgehead atoms. The van der Waals surface area contributed by atoms with Gasteiger partial charge in [-0.3, -0.25) is 14.4 Å². The number of carbonyl (C=O) groups is 3. The van der Waals surface area contributed by atoms with Crippen LogP contribution in [-0.4, -0.2) is 37.2 Å². The molecule has 1 unspecified atom stereocenters. The van der Waals surface area contributed by atoms with Crippen LogP contribution in [0, 0.1) is 0 Å². The van der Waals surface area contributed by atoms with Crippen LogP contribution in [0.25, 0.3) is 0 Å². The number of hydrogen-bond acceptors (Lipinski definition) is 6. The molecule has 0 aliphatic rings. The third kappa shape index (κ3) is 70.5. The molecule has 0 amide bonds. The topological polar surface area (TPSA) is 78.9 Å². The van der Waals surface area contributed by atoms with Gasteiger partial charge in [0.05, 0.1) is 0 Å². The van der Waals surface area contributed by atoms with E-state index in [0.717, 1.165) is 64.2 Å². The molecule has 0 N–H and O–H groups in total. The summed E-state index contributed by atoms with van der Waals surface area (Å²) in [6.45, 7) is 6.73. The van der Waals surface area contributed by atoms with Gasteiger partial charge in [0.25, 0.3) is 0 Å². The summed E-state index contributed by atoms with van der Waals surface area (Å²) in [4.78, 5) is 38.5. The molecule has 0 aliphatic heterocycles. The van der Waals surface area contributed by atoms with Crippen LogP contribution in [0.1, 0.15) is 432 Å². The Morgan fingerprint density at radius 2 is 0.434 bits per heavy atom. The molecule has 0 saturated carbocycles. The standard InChI is InChI=1S/C77H146O6/c1-4-7-10-13-16-19-22-25-28-30-32-34-36-38-39-40-42-43-45-47-49-52-55-58-61-64-67-70-76(79)82-73-74(72-81-75(78)69-66-63-60-57-54-51-27-24-21-18-15-12-9-6-3)83-77(80)71-68-65-62-59-56-53-50-48-46-44-41-37-35-33-31-29-26-23-20-17-14-11-8-5-2/h22,25,30,32,74H,4-21,23-24,26-29,31,33-73H2,1-3H3/b25-22-,32-30-. The number of allylic oxidation sites excluding steroid dienone is 4. The molecule has 0 rings (SSSR count). The Morgan fingerprint density at radius 3 is 0.663 bits per heavy atom. The zero-order chi connectivity index (χ0) is 59.9. The Kier molecular flexibility index (Phi) is 70.5. The Hall–Kier alpha value is -2.11. The molecule has 1 atom stereocenters. The number of carbonyl (C=O) groups excluding carboxylic acids is 3. The molecule has 0 fully saturated rings. The Labute approximate surface area is 519 Å². The molecule has 6 nitrogen and oxygen atoms in total. The Morgan fingerprint density at radius 1 is 0.241 bits per heavy atom. The van der Waals surface area contributed by atoms with Gasteiger partial charge < -0.3 is 14.2 Å². The van der Waals surface area contributed by atoms with Gasteiger partial charge in [0.15, 0.2) is 6.10 Å². The monoisotopic (exact) mass is 1170 g/mol. The quantitative estimate of drug-likeness (QED) is 0.0261. The van der Waals surface area contributed by atoms with Crippen LogP contribution in [-0.2, 0) is 28.6 Å². The molecule has 490 valence electrons. The SMILES string of the molecule is CCCCCCC/C=C\C/C=C\CCCCCCCCCCCCCCCCCC(=O)OCC(COC(=O)CCCCCCCCCCCCCCCC)OC(=O)CCCCCCCCCCCCCCCCCCCCCCCCCC. The van der Waals surface area contributed by atoms with E-state index >= 15 is 0 Å². The maximum atomic E-state index is 13.0. The molecule has 0 aliphatic carbocycles. The lowest BCUT2D eigenvalue weighted by Gasteiger charge is -2.18. The first-order chi connectivity index (χ1) is 41.0. The van der Waals surface area contributed by atoms with Gasteiger partial charge in [0, 0.05) is 19.3 Å². The van der Waals surface area contributed by atoms with Crippen LogP contribution < -0.4 is 0 Å². The summed E-state index contributed by atoms with van der Waals surface area (Å²) >= 11 is 0. The van der Waals surface area contributed by atoms with Crippen LogP contribution >= 0.6 is 0 Å². The van der Waals surface area contributed by atoms with Crippen molar-refractivity contribution in [1.82, 2.24) is 0 Å². The summed E-state index contributed by atoms with van der Waals surface area (Å²) in [5, 5.41) is 0. The minimum atomic E-state index is -0.767. The van der Waals surface area contributed by atoms with Crippen molar-refractivity contribution in [3.63, 3.8) is 0 Å². The van der Waals surface area contributed by atoms with Crippen molar-refractivity contribution in [3.8, 4) is 0 Å². The van der Waals surface area contributed by atoms with Gasteiger partial charge in [-0.2, -0.15) is 0 Å². The molecular formula is C77H146O6. The highest BCUT2D eigenvalue weighted by atomic mass is 16.6. The predicted molar refractivity (Wildman–Crippen MR) is 363 cm³/mol. The number of rotatable bonds is 71. The number of ether oxygens (including phenoxy) is 3. The summed E-state index contributed by atoms with van der Waals surface area (Å²) in [7, 11) is 0. The van der Waals surface area contributed by atoms with Gasteiger partial charge in [-0.05, 0) is 51.4 Å². The van der Waals surface area contributed by atoms with E-state index < -0.39 is 6.10 Å². The fraction of sp³-hybridized carbons (Fsp3) is 0.909. The van der Waals surface area contributed by atoms with E-state index in [1.807, 2.05) is 0 Å². The highest BCUT2D eigenvalue weighted by molar-refractivity contribution is 5.71. The van der Waals surface area contributed by atoms with Gasteiger partial charge in [-0.1, -0.05) is 385 Å². The average molecular weight is 1170 g/mol. The van der Waals surface area contributed by atoms with Gasteiger partial charge in [0.2, 0.25) is 0 Å². The maximum absolute atomic E-state index is 13.0. The Bertz CT molecular complexity index is 1340. The van der Waals surface area contributed by atoms with Crippen molar-refractivity contribution in [2.45, 2.75) is 438 Å². The normalized spacial score (nSPS) is 12.1. The van der Waals surface area contributed by atoms with Crippen molar-refractivity contribution in [2.24, 2.45) is 0 Å². The van der Waals surface area contributed by atoms with Crippen molar-refractivity contribution in [3.05, 3.63) is 24.3 Å². The van der Waals surface area contributed by atoms with Crippen LogP contribution in [0.15, 0.2) is 24.3 Å². The largest absolute Gasteiger partial charge is 0.462 e. The highest BCUT2D eigenvalue weighted by Crippen LogP contribution is 2.19. The second-order valence-corrected chi connectivity index (χ2v) is 25.9. The van der Waals surface area contributed by atoms with Crippen LogP contribution in [0.4, 0.5) is 0 Å². The highest BCUT2D eigenvalue weighted by Gasteiger charge is 2.20. The Balaban J connectivity index is 4.20. The fourth-order valence-corrected chi connectivity index (χ4v) is 11.8. The van der Waals surface area contributed by atoms with Crippen molar-refractivity contribution >= 4 is 17.9 Å². The molecule has 83 heavy (non-hydrogen) atoms. The second kappa shape index (κ2) is 72.4. The van der Waals surface area contributed by atoms with Crippen molar-refractivity contribution < 1.29 is 28.6 Å². The molecule has 0 saturated heterocycles. The lowest BCUT2D eigenvalue weighted by atomic mass is 10.0. The van der Waals surface area contributed by atoms with E-state index in [1.165, 1.54) is 327 Å². The smallest absolute Gasteiger partial charge is 0.306 e. The zero-order valence-corrected chi connectivity index (χ0v) is 56.5. The summed E-state index contributed by atoms with van der Waals surface area (Å²) in [5.74, 6) is -0.825. The first-order valence-electron chi connectivity index (χ1n) is 37.8. The minimum absolute atomic E-state index is 0.0633. The molecule has 0 aromatic rings. The van der Waals surface area contributed by atoms with E-state index in [2.05, 4.69) is 45.1 Å². The molecule has 6 heteroatoms. The van der Waals surface area contributed by atoms with Crippen molar-refractivity contribution in [2.75, 3.05) is 13.2 Å². The summed E-state index contributed by atoms with van der Waals surface area (Å²) in [6, 6.07) is 0. The first-order valence-corrected chi connectivity index (χ1v) is 37.8. The van der Waals surface area contributed by atoms with E-state index in [1.54, 1.807) is 0 Å². The molecule has 0 aromatic heterocycles. The molecule has 0 aromatic carbocycles. The summed E-state index contributed by atoms with van der Waals surface area (Å²) in [6.07, 6.45) is 89.4. The minimum Gasteiger partial charge on any atom is -0.462 e. The third-order valence-electron chi connectivity index (χ3n) is 17.5. The molecule has 0 radical (unpaired) electrons. The number of esters is 3. The molecular weight excluding hydrogens is 1020 g/mol. The first kappa shape index (κ1) is 80.9. The number of hydrogen-bond donors (Lipinski definition) is 0. The van der Waals surface area contributed by atoms with Crippen LogP contribution in [0.3, 0.4) is 0 Å². The molecule has 0 spiro atoms. The number of unbranched alkanes of at least 4 members (excludes halogenated alkanes) is 56. The van der Waals surface area contributed by atoms with Gasteiger partial charge in [-0.15, -0.1) is 0 Å². The van der Waals surface area contributed by atoms with E-state index in [0.29, 0.717) is 19.3 Å². The van der Waals surface area contributed by atoms with Crippen LogP contribution in [0.2, 0.25) is 0 Å². The van der Waals surface area contributed by atoms with Crippen molar-refractivity contribution in [1.29, 1.82) is 0 Å². The van der Waals surface area contributed by atoms with E-state index in [-0.39, 0.29) is 31.1 Å². The van der Waals surface area contributed by atoms with Gasteiger partial charge >= 0.3 is 17.9 Å². The lowest BCUT2D eigenvalue weighted by Crippen LogP contribution is -2.30. The van der Waals surface area contributed by atoms with E-state index in [4.69, 9.17) is 14.2 Å². The zero-order valence-electron chi connectivity index (χ0n) is 56.5. The fourth-order valence-electron chi connectivity index (χ4n) is 11.8. The van der Waals surface area contributed by atoms with Gasteiger partial charge in [0.1, 0.15) is 13.2 Å². The lowest BCUT2D eigenvalue weighted by molar-refractivity contribution is -0.167. The van der Waals surface area contributed by atoms with E-state index in [9.17, 15) is 14.4 Å². The second-order valence-electron chi connectivity index (χ2n) is 25.9. The van der Waals surface area contributed by atoms with Gasteiger partial charge in [-0.25, -0.2) is 0 Å². The average Bonchev–Trinajstić information content (AvgIpc) is 3.50. The summed E-state index contributed by atoms with van der Waals surface area (Å²) < 4.78 is 17.0. The third-order valence-corrected chi connectivity index (χ3v) is 17.5. The molecule has 0 heterocycles. The predicted octanol–water partition coefficient (Wildman–Crippen LogP) is 26.1. The summed E-state index contributed by atoms with van der Waals surface area (Å²) in [5.41, 5.74) is 0. The maximum Gasteiger partial charge on any atom is 0.306 e.